The van der Waals surface area contributed by atoms with Crippen molar-refractivity contribution in [3.05, 3.63) is 34.9 Å². The van der Waals surface area contributed by atoms with Gasteiger partial charge in [-0.3, -0.25) is 9.59 Å². The summed E-state index contributed by atoms with van der Waals surface area (Å²) in [6.45, 7) is 7.09. The number of ether oxygens (including phenoxy) is 1. The number of carboxylic acids is 1. The van der Waals surface area contributed by atoms with E-state index in [-0.39, 0.29) is 23.5 Å². The summed E-state index contributed by atoms with van der Waals surface area (Å²) in [5.74, 6) is -1.45. The Balaban J connectivity index is 2.26. The minimum absolute atomic E-state index is 0.0183. The van der Waals surface area contributed by atoms with E-state index in [1.54, 1.807) is 13.2 Å². The van der Waals surface area contributed by atoms with Crippen LogP contribution in [-0.4, -0.2) is 42.8 Å². The molecule has 1 aromatic carbocycles. The summed E-state index contributed by atoms with van der Waals surface area (Å²) in [6.07, 6.45) is 6.94. The van der Waals surface area contributed by atoms with Gasteiger partial charge in [0, 0.05) is 30.6 Å². The third-order valence-electron chi connectivity index (χ3n) is 7.25. The van der Waals surface area contributed by atoms with Crippen molar-refractivity contribution in [2.45, 2.75) is 89.7 Å². The van der Waals surface area contributed by atoms with Crippen LogP contribution in [0.1, 0.15) is 87.2 Å². The van der Waals surface area contributed by atoms with Crippen molar-refractivity contribution >= 4 is 11.9 Å². The number of rotatable bonds is 13. The van der Waals surface area contributed by atoms with Crippen molar-refractivity contribution in [1.29, 1.82) is 0 Å². The van der Waals surface area contributed by atoms with Crippen LogP contribution in [0.25, 0.3) is 0 Å². The maximum absolute atomic E-state index is 11.8. The Bertz CT molecular complexity index is 745. The number of aliphatic carboxylic acids is 1. The molecule has 2 rings (SSSR count). The zero-order valence-electron chi connectivity index (χ0n) is 19.6. The maximum Gasteiger partial charge on any atom is 0.306 e. The molecule has 0 aliphatic heterocycles. The topological polar surface area (TPSA) is 102 Å². The third kappa shape index (κ3) is 5.66. The van der Waals surface area contributed by atoms with E-state index < -0.39 is 11.9 Å². The molecule has 1 amide bonds. The molecule has 6 heteroatoms. The number of primary amides is 1. The van der Waals surface area contributed by atoms with E-state index in [0.29, 0.717) is 18.5 Å². The second kappa shape index (κ2) is 11.6. The molecular weight excluding hydrogens is 392 g/mol. The molecule has 1 aliphatic rings. The number of nitrogens with one attached hydrogen (secondary N) is 1. The Hall–Kier alpha value is -1.92. The number of carbonyl (C=O) groups is 2. The van der Waals surface area contributed by atoms with E-state index in [1.807, 2.05) is 12.1 Å². The molecule has 0 spiro atoms. The second-order valence-corrected chi connectivity index (χ2v) is 8.83. The van der Waals surface area contributed by atoms with Gasteiger partial charge in [0.15, 0.2) is 0 Å². The zero-order chi connectivity index (χ0) is 23.0. The van der Waals surface area contributed by atoms with Gasteiger partial charge >= 0.3 is 5.97 Å². The van der Waals surface area contributed by atoms with Crippen molar-refractivity contribution in [3.8, 4) is 0 Å². The van der Waals surface area contributed by atoms with Gasteiger partial charge in [0.2, 0.25) is 5.91 Å². The fraction of sp³-hybridized carbons (Fsp3) is 0.680. The van der Waals surface area contributed by atoms with Crippen LogP contribution in [0.4, 0.5) is 0 Å². The molecule has 0 bridgehead atoms. The first-order chi connectivity index (χ1) is 14.8. The van der Waals surface area contributed by atoms with Crippen molar-refractivity contribution in [2.75, 3.05) is 13.7 Å². The van der Waals surface area contributed by atoms with Gasteiger partial charge in [0.1, 0.15) is 0 Å². The normalized spacial score (nSPS) is 20.8. The van der Waals surface area contributed by atoms with Crippen LogP contribution in [0.15, 0.2) is 18.2 Å². The number of unbranched alkanes of at least 4 members (excludes halogenated alkanes) is 2. The van der Waals surface area contributed by atoms with E-state index in [9.17, 15) is 14.7 Å². The van der Waals surface area contributed by atoms with Gasteiger partial charge in [-0.15, -0.1) is 0 Å². The van der Waals surface area contributed by atoms with Gasteiger partial charge in [-0.05, 0) is 55.5 Å². The quantitative estimate of drug-likeness (QED) is 0.408. The van der Waals surface area contributed by atoms with Crippen LogP contribution < -0.4 is 11.1 Å². The van der Waals surface area contributed by atoms with Crippen LogP contribution in [0, 0.1) is 5.92 Å². The van der Waals surface area contributed by atoms with Crippen LogP contribution in [-0.2, 0) is 21.4 Å². The largest absolute Gasteiger partial charge is 0.481 e. The average molecular weight is 433 g/mol. The Labute approximate surface area is 186 Å². The van der Waals surface area contributed by atoms with Gasteiger partial charge in [-0.2, -0.15) is 0 Å². The summed E-state index contributed by atoms with van der Waals surface area (Å²) >= 11 is 0. The highest BCUT2D eigenvalue weighted by Gasteiger charge is 2.46. The Morgan fingerprint density at radius 1 is 1.23 bits per heavy atom. The van der Waals surface area contributed by atoms with Crippen LogP contribution in [0.3, 0.4) is 0 Å². The van der Waals surface area contributed by atoms with Crippen LogP contribution in [0.5, 0.6) is 0 Å². The molecule has 3 atom stereocenters. The summed E-state index contributed by atoms with van der Waals surface area (Å²) < 4.78 is 5.91. The molecule has 31 heavy (non-hydrogen) atoms. The standard InChI is InChI=1S/C25H40N2O4/c1-5-8-9-10-17(24(29)30)13-14-27-22-21(31-4)16-18-11-12-19(23(26)28)15-20(18)25(22,6-2)7-3/h11-12,15,17,21-22,27H,5-10,13-14,16H2,1-4H3,(H2,26,28)(H,29,30)/t17-,21-,22+/m0/s1. The number of hydrogen-bond acceptors (Lipinski definition) is 4. The average Bonchev–Trinajstić information content (AvgIpc) is 2.76. The highest BCUT2D eigenvalue weighted by molar-refractivity contribution is 5.93. The van der Waals surface area contributed by atoms with Crippen molar-refractivity contribution in [1.82, 2.24) is 5.32 Å². The third-order valence-corrected chi connectivity index (χ3v) is 7.25. The second-order valence-electron chi connectivity index (χ2n) is 8.83. The van der Waals surface area contributed by atoms with Crippen molar-refractivity contribution in [2.24, 2.45) is 11.7 Å². The predicted molar refractivity (Wildman–Crippen MR) is 123 cm³/mol. The summed E-state index contributed by atoms with van der Waals surface area (Å²) in [5, 5.41) is 13.3. The molecule has 0 unspecified atom stereocenters. The SMILES string of the molecule is CCCCC[C@@H](CCN[C@@H]1[C@@H](OC)Cc2ccc(C(N)=O)cc2C1(CC)CC)C(=O)O. The number of carbonyl (C=O) groups excluding carboxylic acids is 1. The van der Waals surface area contributed by atoms with Gasteiger partial charge in [-0.1, -0.05) is 46.1 Å². The number of nitrogens with two attached hydrogens (primary N) is 1. The highest BCUT2D eigenvalue weighted by Crippen LogP contribution is 2.44. The first kappa shape index (κ1) is 25.3. The van der Waals surface area contributed by atoms with Crippen molar-refractivity contribution < 1.29 is 19.4 Å². The molecule has 1 aromatic rings. The number of amides is 1. The molecular formula is C25H40N2O4. The zero-order valence-corrected chi connectivity index (χ0v) is 19.6. The van der Waals surface area contributed by atoms with E-state index in [2.05, 4.69) is 26.1 Å². The fourth-order valence-electron chi connectivity index (χ4n) is 5.29. The lowest BCUT2D eigenvalue weighted by molar-refractivity contribution is -0.142. The first-order valence-corrected chi connectivity index (χ1v) is 11.8. The molecule has 1 aliphatic carbocycles. The number of methoxy groups -OCH3 is 1. The van der Waals surface area contributed by atoms with Gasteiger partial charge in [0.05, 0.1) is 12.0 Å². The van der Waals surface area contributed by atoms with E-state index in [4.69, 9.17) is 10.5 Å². The monoisotopic (exact) mass is 432 g/mol. The summed E-state index contributed by atoms with van der Waals surface area (Å²) in [7, 11) is 1.74. The number of hydrogen-bond donors (Lipinski definition) is 3. The number of carboxylic acid groups (broad SMARTS) is 1. The lowest BCUT2D eigenvalue weighted by atomic mass is 9.62. The maximum atomic E-state index is 11.8. The first-order valence-electron chi connectivity index (χ1n) is 11.8. The molecule has 6 nitrogen and oxygen atoms in total. The Morgan fingerprint density at radius 3 is 2.48 bits per heavy atom. The molecule has 0 radical (unpaired) electrons. The highest BCUT2D eigenvalue weighted by atomic mass is 16.5. The van der Waals surface area contributed by atoms with E-state index in [1.165, 1.54) is 5.56 Å². The van der Waals surface area contributed by atoms with Gasteiger partial charge in [-0.25, -0.2) is 0 Å². The lowest BCUT2D eigenvalue weighted by Crippen LogP contribution is -2.59. The molecule has 0 heterocycles. The molecule has 0 aromatic heterocycles. The van der Waals surface area contributed by atoms with Gasteiger partial charge < -0.3 is 20.9 Å². The molecule has 4 N–H and O–H groups in total. The summed E-state index contributed by atoms with van der Waals surface area (Å²) in [5.41, 5.74) is 8.24. The lowest BCUT2D eigenvalue weighted by Gasteiger charge is -2.49. The van der Waals surface area contributed by atoms with Crippen LogP contribution >= 0.6 is 0 Å². The summed E-state index contributed by atoms with van der Waals surface area (Å²) in [4.78, 5) is 23.5. The molecule has 0 saturated carbocycles. The van der Waals surface area contributed by atoms with E-state index >= 15 is 0 Å². The minimum Gasteiger partial charge on any atom is -0.481 e. The fourth-order valence-corrected chi connectivity index (χ4v) is 5.29. The van der Waals surface area contributed by atoms with Crippen LogP contribution in [0.2, 0.25) is 0 Å². The molecule has 0 saturated heterocycles. The predicted octanol–water partition coefficient (Wildman–Crippen LogP) is 4.04. The number of benzene rings is 1. The molecule has 174 valence electrons. The smallest absolute Gasteiger partial charge is 0.306 e. The minimum atomic E-state index is -0.710. The summed E-state index contributed by atoms with van der Waals surface area (Å²) in [6, 6.07) is 5.79. The van der Waals surface area contributed by atoms with Crippen molar-refractivity contribution in [3.63, 3.8) is 0 Å². The van der Waals surface area contributed by atoms with E-state index in [0.717, 1.165) is 50.5 Å². The molecule has 0 fully saturated rings. The Morgan fingerprint density at radius 2 is 1.94 bits per heavy atom. The Kier molecular flexibility index (Phi) is 9.51. The van der Waals surface area contributed by atoms with Gasteiger partial charge in [0.25, 0.3) is 0 Å². The number of fused-ring (bicyclic) bond motifs is 1.